The molecule has 4 rings (SSSR count). The summed E-state index contributed by atoms with van der Waals surface area (Å²) in [5, 5.41) is 7.71. The average Bonchev–Trinajstić information content (AvgIpc) is 3.31. The summed E-state index contributed by atoms with van der Waals surface area (Å²) in [5.74, 6) is 0.899. The van der Waals surface area contributed by atoms with Crippen LogP contribution in [0.3, 0.4) is 0 Å². The topological polar surface area (TPSA) is 72.0 Å². The monoisotopic (exact) mass is 367 g/mol. The van der Waals surface area contributed by atoms with E-state index >= 15 is 0 Å². The van der Waals surface area contributed by atoms with E-state index in [0.29, 0.717) is 6.61 Å². The summed E-state index contributed by atoms with van der Waals surface area (Å²) in [4.78, 5) is 11.3. The van der Waals surface area contributed by atoms with Crippen LogP contribution in [0.1, 0.15) is 17.4 Å². The third-order valence-corrected chi connectivity index (χ3v) is 4.75. The van der Waals surface area contributed by atoms with Crippen LogP contribution in [0.25, 0.3) is 5.65 Å². The van der Waals surface area contributed by atoms with E-state index in [1.54, 1.807) is 4.68 Å². The van der Waals surface area contributed by atoms with E-state index in [1.807, 2.05) is 55.3 Å². The Kier molecular flexibility index (Phi) is 5.06. The Labute approximate surface area is 158 Å². The van der Waals surface area contributed by atoms with Gasteiger partial charge in [-0.1, -0.05) is 6.07 Å². The van der Waals surface area contributed by atoms with Gasteiger partial charge in [0.2, 0.25) is 0 Å². The summed E-state index contributed by atoms with van der Waals surface area (Å²) in [6, 6.07) is 6.03. The number of pyridine rings is 1. The van der Waals surface area contributed by atoms with Crippen LogP contribution in [-0.2, 0) is 18.2 Å². The zero-order valence-corrected chi connectivity index (χ0v) is 15.7. The Morgan fingerprint density at radius 2 is 2.30 bits per heavy atom. The predicted molar refractivity (Wildman–Crippen MR) is 104 cm³/mol. The number of imidazole rings is 1. The number of aromatic nitrogens is 4. The van der Waals surface area contributed by atoms with Crippen molar-refractivity contribution in [1.82, 2.24) is 29.4 Å². The highest BCUT2D eigenvalue weighted by atomic mass is 16.5. The van der Waals surface area contributed by atoms with Crippen LogP contribution in [0, 0.1) is 0 Å². The van der Waals surface area contributed by atoms with E-state index in [-0.39, 0.29) is 6.10 Å². The lowest BCUT2D eigenvalue weighted by atomic mass is 10.1. The zero-order valence-electron chi connectivity index (χ0n) is 15.7. The molecule has 1 N–H and O–H groups in total. The lowest BCUT2D eigenvalue weighted by Gasteiger charge is -2.34. The van der Waals surface area contributed by atoms with E-state index in [9.17, 15) is 0 Å². The van der Waals surface area contributed by atoms with Gasteiger partial charge in [-0.25, -0.2) is 4.98 Å². The number of hydrogen-bond acceptors (Lipinski definition) is 4. The number of nitrogens with zero attached hydrogens (tertiary/aromatic N) is 6. The molecule has 8 nitrogen and oxygen atoms in total. The summed E-state index contributed by atoms with van der Waals surface area (Å²) in [6.45, 7) is 3.04. The number of fused-ring (bicyclic) bond motifs is 1. The summed E-state index contributed by atoms with van der Waals surface area (Å²) in [5.41, 5.74) is 3.14. The van der Waals surface area contributed by atoms with Gasteiger partial charge in [0.15, 0.2) is 5.96 Å². The highest BCUT2D eigenvalue weighted by molar-refractivity contribution is 5.80. The number of hydrogen-bond donors (Lipinski definition) is 1. The van der Waals surface area contributed by atoms with Crippen molar-refractivity contribution in [2.45, 2.75) is 12.5 Å². The van der Waals surface area contributed by atoms with E-state index in [2.05, 4.69) is 31.5 Å². The largest absolute Gasteiger partial charge is 0.370 e. The van der Waals surface area contributed by atoms with Crippen molar-refractivity contribution in [3.8, 4) is 0 Å². The molecule has 0 radical (unpaired) electrons. The molecular formula is C19H25N7O. The highest BCUT2D eigenvalue weighted by Gasteiger charge is 2.25. The number of ether oxygens (including phenoxy) is 1. The van der Waals surface area contributed by atoms with E-state index in [0.717, 1.165) is 48.9 Å². The minimum Gasteiger partial charge on any atom is -0.370 e. The summed E-state index contributed by atoms with van der Waals surface area (Å²) < 4.78 is 9.77. The molecule has 0 amide bonds. The maximum Gasteiger partial charge on any atom is 0.193 e. The molecule has 4 heterocycles. The molecule has 27 heavy (non-hydrogen) atoms. The number of guanidine groups is 1. The van der Waals surface area contributed by atoms with Crippen molar-refractivity contribution < 1.29 is 4.74 Å². The van der Waals surface area contributed by atoms with E-state index in [1.165, 1.54) is 0 Å². The average molecular weight is 367 g/mol. The first kappa shape index (κ1) is 17.5. The second-order valence-electron chi connectivity index (χ2n) is 6.68. The van der Waals surface area contributed by atoms with E-state index in [4.69, 9.17) is 4.74 Å². The molecule has 0 aromatic carbocycles. The molecule has 3 aromatic heterocycles. The van der Waals surface area contributed by atoms with Crippen LogP contribution in [0.5, 0.6) is 0 Å². The molecule has 0 bridgehead atoms. The Hall–Kier alpha value is -2.87. The zero-order chi connectivity index (χ0) is 18.6. The highest BCUT2D eigenvalue weighted by Crippen LogP contribution is 2.21. The normalized spacial score (nSPS) is 18.2. The van der Waals surface area contributed by atoms with Gasteiger partial charge in [0.25, 0.3) is 0 Å². The van der Waals surface area contributed by atoms with E-state index < -0.39 is 0 Å². The fourth-order valence-electron chi connectivity index (χ4n) is 3.39. The lowest BCUT2D eigenvalue weighted by Crippen LogP contribution is -2.48. The quantitative estimate of drug-likeness (QED) is 0.555. The number of morpholine rings is 1. The molecule has 3 aromatic rings. The fraction of sp³-hybridized carbons (Fsp3) is 0.421. The summed E-state index contributed by atoms with van der Waals surface area (Å²) in [7, 11) is 3.74. The maximum absolute atomic E-state index is 5.92. The van der Waals surface area contributed by atoms with Gasteiger partial charge in [-0.05, 0) is 12.1 Å². The van der Waals surface area contributed by atoms with Crippen LogP contribution in [0.4, 0.5) is 0 Å². The number of aryl methyl sites for hydroxylation is 1. The van der Waals surface area contributed by atoms with Crippen LogP contribution in [0.15, 0.2) is 48.0 Å². The summed E-state index contributed by atoms with van der Waals surface area (Å²) >= 11 is 0. The van der Waals surface area contributed by atoms with Gasteiger partial charge >= 0.3 is 0 Å². The second-order valence-corrected chi connectivity index (χ2v) is 6.68. The molecule has 0 spiro atoms. The smallest absolute Gasteiger partial charge is 0.193 e. The molecular weight excluding hydrogens is 342 g/mol. The minimum absolute atomic E-state index is 0.0180. The first-order valence-electron chi connectivity index (χ1n) is 9.21. The Morgan fingerprint density at radius 1 is 1.37 bits per heavy atom. The molecule has 1 unspecified atom stereocenters. The van der Waals surface area contributed by atoms with Crippen molar-refractivity contribution in [1.29, 1.82) is 0 Å². The molecule has 1 aliphatic rings. The van der Waals surface area contributed by atoms with Crippen LogP contribution >= 0.6 is 0 Å². The molecule has 1 atom stereocenters. The number of aliphatic imine (C=N–C) groups is 1. The Bertz CT molecular complexity index is 896. The Balaban J connectivity index is 1.34. The molecule has 1 fully saturated rings. The van der Waals surface area contributed by atoms with Crippen molar-refractivity contribution >= 4 is 11.6 Å². The maximum atomic E-state index is 5.92. The standard InChI is InChI=1S/C19H25N7O/c1-20-19(21-7-6-16-13-25-8-4-3-5-18(25)23-16)26-9-10-27-17(14-26)15-11-22-24(2)12-15/h3-5,8,11-13,17H,6-7,9-10,14H2,1-2H3,(H,20,21). The van der Waals surface area contributed by atoms with Crippen molar-refractivity contribution in [3.63, 3.8) is 0 Å². The van der Waals surface area contributed by atoms with Gasteiger partial charge in [0, 0.05) is 57.8 Å². The molecule has 142 valence electrons. The third kappa shape index (κ3) is 3.95. The van der Waals surface area contributed by atoms with Gasteiger partial charge in [-0.15, -0.1) is 0 Å². The van der Waals surface area contributed by atoms with Gasteiger partial charge in [0.05, 0.1) is 25.0 Å². The van der Waals surface area contributed by atoms with Gasteiger partial charge in [0.1, 0.15) is 11.8 Å². The van der Waals surface area contributed by atoms with Gasteiger partial charge < -0.3 is 19.4 Å². The second kappa shape index (κ2) is 7.79. The van der Waals surface area contributed by atoms with Crippen molar-refractivity contribution in [2.75, 3.05) is 33.3 Å². The Morgan fingerprint density at radius 3 is 3.07 bits per heavy atom. The first-order valence-corrected chi connectivity index (χ1v) is 9.21. The van der Waals surface area contributed by atoms with Crippen molar-refractivity contribution in [3.05, 3.63) is 54.2 Å². The molecule has 1 aliphatic heterocycles. The van der Waals surface area contributed by atoms with Gasteiger partial charge in [-0.3, -0.25) is 9.67 Å². The number of nitrogens with one attached hydrogen (secondary N) is 1. The molecule has 1 saturated heterocycles. The minimum atomic E-state index is 0.0180. The lowest BCUT2D eigenvalue weighted by molar-refractivity contribution is -0.00801. The van der Waals surface area contributed by atoms with Crippen LogP contribution in [0.2, 0.25) is 0 Å². The summed E-state index contributed by atoms with van der Waals surface area (Å²) in [6.07, 6.45) is 8.83. The predicted octanol–water partition coefficient (Wildman–Crippen LogP) is 1.26. The molecule has 0 aliphatic carbocycles. The first-order chi connectivity index (χ1) is 13.2. The van der Waals surface area contributed by atoms with Crippen molar-refractivity contribution in [2.24, 2.45) is 12.0 Å². The fourth-order valence-corrected chi connectivity index (χ4v) is 3.39. The molecule has 0 saturated carbocycles. The SMILES string of the molecule is CN=C(NCCc1cn2ccccc2n1)N1CCOC(c2cnn(C)c2)C1. The molecule has 8 heteroatoms. The van der Waals surface area contributed by atoms with Crippen LogP contribution < -0.4 is 5.32 Å². The third-order valence-electron chi connectivity index (χ3n) is 4.75. The van der Waals surface area contributed by atoms with Gasteiger partial charge in [-0.2, -0.15) is 5.10 Å². The van der Waals surface area contributed by atoms with Crippen LogP contribution in [-0.4, -0.2) is 63.3 Å². The number of rotatable bonds is 4.